The Bertz CT molecular complexity index is 1420. The minimum absolute atomic E-state index is 0.0778. The summed E-state index contributed by atoms with van der Waals surface area (Å²) >= 11 is 0. The molecule has 1 saturated carbocycles. The smallest absolute Gasteiger partial charge is 0.404 e. The van der Waals surface area contributed by atoms with Gasteiger partial charge in [0.15, 0.2) is 0 Å². The third-order valence-corrected chi connectivity index (χ3v) is 10.9. The van der Waals surface area contributed by atoms with Gasteiger partial charge in [-0.3, -0.25) is 23.7 Å². The lowest BCUT2D eigenvalue weighted by molar-refractivity contribution is -0.151. The number of nitrogens with one attached hydrogen (secondary N) is 3. The Labute approximate surface area is 297 Å². The fraction of sp³-hybridized carbons (Fsp3) is 0.722. The van der Waals surface area contributed by atoms with Gasteiger partial charge in [-0.05, 0) is 43.6 Å². The highest BCUT2D eigenvalue weighted by molar-refractivity contribution is 5.93. The molecule has 0 radical (unpaired) electrons. The molecule has 1 unspecified atom stereocenters. The fourth-order valence-electron chi connectivity index (χ4n) is 8.19. The maximum absolute atomic E-state index is 14.8. The molecule has 7 atom stereocenters. The second-order valence-corrected chi connectivity index (χ2v) is 15.4. The maximum Gasteiger partial charge on any atom is 0.404 e. The summed E-state index contributed by atoms with van der Waals surface area (Å²) in [5, 5.41) is 17.6. The lowest BCUT2D eigenvalue weighted by Gasteiger charge is -2.45. The Morgan fingerprint density at radius 3 is 2.41 bits per heavy atom. The van der Waals surface area contributed by atoms with Crippen LogP contribution in [0.2, 0.25) is 0 Å². The van der Waals surface area contributed by atoms with Crippen molar-refractivity contribution in [2.24, 2.45) is 17.3 Å². The van der Waals surface area contributed by atoms with Crippen molar-refractivity contribution in [3.63, 3.8) is 0 Å². The standard InChI is InChI=1S/C36H52F3N5O7/c1-5-50-23-16-22-18-44(27(20-43(22)19-23)32(46)40-26-12-15-51-28-9-7-6-8-24(26)28)33(47)29(21-10-13-36(38,39)14-11-21)41-31(45)25(17-37)30(35(2,3)4)42-34(48)49/h6-9,21-23,25-27,29-30,42H,5,10-20H2,1-4H3,(H,40,46)(H,41,45)(H,48,49)/t22-,23-,25+,26-,27+,29+,30?/m1/s1. The minimum atomic E-state index is -2.93. The van der Waals surface area contributed by atoms with E-state index in [1.165, 1.54) is 4.90 Å². The largest absolute Gasteiger partial charge is 0.493 e. The van der Waals surface area contributed by atoms with E-state index in [9.17, 15) is 37.5 Å². The average Bonchev–Trinajstić information content (AvgIpc) is 3.47. The summed E-state index contributed by atoms with van der Waals surface area (Å²) in [5.74, 6) is -6.40. The number of fused-ring (bicyclic) bond motifs is 2. The van der Waals surface area contributed by atoms with Gasteiger partial charge >= 0.3 is 6.09 Å². The number of piperazine rings is 1. The van der Waals surface area contributed by atoms with Crippen LogP contribution in [0, 0.1) is 17.3 Å². The minimum Gasteiger partial charge on any atom is -0.493 e. The lowest BCUT2D eigenvalue weighted by Crippen LogP contribution is -2.67. The third kappa shape index (κ3) is 9.08. The number of nitrogens with zero attached hydrogens (tertiary/aromatic N) is 2. The lowest BCUT2D eigenvalue weighted by atomic mass is 9.78. The first kappa shape index (κ1) is 38.6. The van der Waals surface area contributed by atoms with E-state index in [4.69, 9.17) is 9.47 Å². The van der Waals surface area contributed by atoms with Crippen molar-refractivity contribution in [2.75, 3.05) is 39.5 Å². The van der Waals surface area contributed by atoms with Gasteiger partial charge in [0, 0.05) is 57.1 Å². The molecule has 0 spiro atoms. The molecule has 3 heterocycles. The number of halogens is 3. The van der Waals surface area contributed by atoms with Gasteiger partial charge in [-0.15, -0.1) is 0 Å². The summed E-state index contributed by atoms with van der Waals surface area (Å²) < 4.78 is 55.1. The van der Waals surface area contributed by atoms with Gasteiger partial charge in [0.05, 0.1) is 30.7 Å². The number of amides is 4. The van der Waals surface area contributed by atoms with Crippen LogP contribution in [0.1, 0.15) is 77.8 Å². The predicted molar refractivity (Wildman–Crippen MR) is 181 cm³/mol. The molecule has 5 rings (SSSR count). The molecule has 284 valence electrons. The van der Waals surface area contributed by atoms with Crippen molar-refractivity contribution in [3.8, 4) is 5.75 Å². The Hall–Kier alpha value is -3.59. The van der Waals surface area contributed by atoms with Crippen molar-refractivity contribution in [1.29, 1.82) is 0 Å². The van der Waals surface area contributed by atoms with Crippen molar-refractivity contribution in [1.82, 2.24) is 25.8 Å². The van der Waals surface area contributed by atoms with Gasteiger partial charge in [0.25, 0.3) is 0 Å². The van der Waals surface area contributed by atoms with E-state index in [0.717, 1.165) is 5.56 Å². The van der Waals surface area contributed by atoms with Crippen molar-refractivity contribution in [2.45, 2.75) is 108 Å². The van der Waals surface area contributed by atoms with Crippen LogP contribution >= 0.6 is 0 Å². The zero-order chi connectivity index (χ0) is 37.1. The zero-order valence-corrected chi connectivity index (χ0v) is 29.8. The summed E-state index contributed by atoms with van der Waals surface area (Å²) in [6.45, 7) is 7.45. The quantitative estimate of drug-likeness (QED) is 0.269. The molecule has 4 N–H and O–H groups in total. The molecule has 1 aromatic carbocycles. The first-order valence-electron chi connectivity index (χ1n) is 18.0. The molecule has 3 fully saturated rings. The molecule has 0 aromatic heterocycles. The molecule has 1 aliphatic carbocycles. The van der Waals surface area contributed by atoms with Crippen LogP contribution in [0.15, 0.2) is 24.3 Å². The fourth-order valence-corrected chi connectivity index (χ4v) is 8.19. The Kier molecular flexibility index (Phi) is 12.1. The molecule has 1 aromatic rings. The summed E-state index contributed by atoms with van der Waals surface area (Å²) in [5.41, 5.74) is -0.0732. The highest BCUT2D eigenvalue weighted by atomic mass is 19.3. The number of carboxylic acid groups (broad SMARTS) is 1. The number of carbonyl (C=O) groups is 4. The summed E-state index contributed by atoms with van der Waals surface area (Å²) in [4.78, 5) is 58.2. The predicted octanol–water partition coefficient (Wildman–Crippen LogP) is 3.89. The first-order valence-corrected chi connectivity index (χ1v) is 18.0. The van der Waals surface area contributed by atoms with Crippen LogP contribution in [0.3, 0.4) is 0 Å². The van der Waals surface area contributed by atoms with Crippen LogP contribution in [-0.4, -0.2) is 114 Å². The Morgan fingerprint density at radius 1 is 1.06 bits per heavy atom. The first-order chi connectivity index (χ1) is 24.1. The molecular weight excluding hydrogens is 671 g/mol. The molecule has 51 heavy (non-hydrogen) atoms. The van der Waals surface area contributed by atoms with Gasteiger partial charge in [0.2, 0.25) is 23.6 Å². The normalized spacial score (nSPS) is 26.8. The van der Waals surface area contributed by atoms with Crippen LogP contribution in [0.5, 0.6) is 5.75 Å². The molecule has 4 amide bonds. The highest BCUT2D eigenvalue weighted by Gasteiger charge is 2.49. The summed E-state index contributed by atoms with van der Waals surface area (Å²) in [6, 6.07) is 3.40. The van der Waals surface area contributed by atoms with Crippen molar-refractivity contribution < 1.29 is 46.9 Å². The number of hydrogen-bond donors (Lipinski definition) is 4. The van der Waals surface area contributed by atoms with Crippen LogP contribution in [-0.2, 0) is 19.1 Å². The molecule has 0 bridgehead atoms. The summed E-state index contributed by atoms with van der Waals surface area (Å²) in [7, 11) is 0. The number of rotatable bonds is 11. The van der Waals surface area contributed by atoms with Crippen LogP contribution < -0.4 is 20.7 Å². The molecule has 4 aliphatic rings. The average molecular weight is 724 g/mol. The van der Waals surface area contributed by atoms with E-state index in [2.05, 4.69) is 20.9 Å². The van der Waals surface area contributed by atoms with Crippen molar-refractivity contribution in [3.05, 3.63) is 29.8 Å². The molecule has 3 aliphatic heterocycles. The molecular formula is C36H52F3N5O7. The number of hydrogen-bond acceptors (Lipinski definition) is 7. The second-order valence-electron chi connectivity index (χ2n) is 15.4. The van der Waals surface area contributed by atoms with Gasteiger partial charge in [-0.1, -0.05) is 39.0 Å². The van der Waals surface area contributed by atoms with Gasteiger partial charge in [-0.25, -0.2) is 13.6 Å². The molecule has 15 heteroatoms. The summed E-state index contributed by atoms with van der Waals surface area (Å²) in [6.07, 6.45) is -1.55. The Balaban J connectivity index is 1.45. The van der Waals surface area contributed by atoms with E-state index < -0.39 is 84.6 Å². The van der Waals surface area contributed by atoms with Crippen LogP contribution in [0.4, 0.5) is 18.0 Å². The maximum atomic E-state index is 14.8. The van der Waals surface area contributed by atoms with Crippen molar-refractivity contribution >= 4 is 23.8 Å². The number of ether oxygens (including phenoxy) is 2. The topological polar surface area (TPSA) is 150 Å². The molecule has 2 saturated heterocycles. The van der Waals surface area contributed by atoms with E-state index >= 15 is 0 Å². The third-order valence-electron chi connectivity index (χ3n) is 10.9. The number of para-hydroxylation sites is 1. The molecule has 12 nitrogen and oxygen atoms in total. The van der Waals surface area contributed by atoms with Gasteiger partial charge < -0.3 is 35.4 Å². The van der Waals surface area contributed by atoms with E-state index in [1.807, 2.05) is 31.2 Å². The second kappa shape index (κ2) is 16.0. The van der Waals surface area contributed by atoms with E-state index in [-0.39, 0.29) is 44.1 Å². The van der Waals surface area contributed by atoms with E-state index in [0.29, 0.717) is 38.3 Å². The Morgan fingerprint density at radius 2 is 1.76 bits per heavy atom. The number of alkyl halides is 3. The highest BCUT2D eigenvalue weighted by Crippen LogP contribution is 2.39. The number of carbonyl (C=O) groups excluding carboxylic acids is 3. The number of benzene rings is 1. The zero-order valence-electron chi connectivity index (χ0n) is 29.8. The van der Waals surface area contributed by atoms with Gasteiger partial charge in [-0.2, -0.15) is 0 Å². The van der Waals surface area contributed by atoms with Gasteiger partial charge in [0.1, 0.15) is 24.5 Å². The van der Waals surface area contributed by atoms with E-state index in [1.54, 1.807) is 20.8 Å². The van der Waals surface area contributed by atoms with Crippen LogP contribution in [0.25, 0.3) is 0 Å². The SMILES string of the molecule is CCO[C@@H]1C[C@@H]2CN(C(=O)[C@@H](NC(=O)[C@@H](CF)C(NC(=O)O)C(C)(C)C)C3CCC(F)(F)CC3)[C@H](C(=O)N[C@@H]3CCOc4ccccc43)CN2C1. The monoisotopic (exact) mass is 723 g/mol.